The van der Waals surface area contributed by atoms with Crippen molar-refractivity contribution in [1.82, 2.24) is 19.1 Å². The molecule has 109 heavy (non-hydrogen) atoms. The van der Waals surface area contributed by atoms with E-state index >= 15 is 0 Å². The lowest BCUT2D eigenvalue weighted by atomic mass is 9.70. The Bertz CT molecular complexity index is 6970. The summed E-state index contributed by atoms with van der Waals surface area (Å²) in [5, 5.41) is 9.35. The SMILES string of the molecule is c1ccc2c(c1)-c1ccccc1C21c2ccccc2-c2c(-c3sc(-c4cccc5c4-c4ccccc4C54c5ccccc5-c5ccccc54)c4nc5c6cc(-c7ccc(-n8c9ccccc9c9ccccc98)cc7)ccc6c6ccc(-c7ccc(-n8c9ccccc9c9ccccc98)cc7)cc6c5nc34)cccc21. The molecule has 0 unspecified atom stereocenters. The van der Waals surface area contributed by atoms with Crippen LogP contribution in [0.2, 0.25) is 0 Å². The molecule has 4 nitrogen and oxygen atoms in total. The standard InChI is InChI=1S/C104H60N4S/c1-11-35-83-69(23-1)70-24-2-12-36-84(70)103(83)87-39-15-5-31-77(87)95-79(33-21-41-89(95)103)101-99-100(102(109-101)80-34-22-42-90-96(80)78-32-6-16-40-88(78)104(90)85-37-13-3-25-71(85)72-26-4-14-38-86(72)104)106-98-82-60-64(62-49-55-66(56-50-62)108-93-45-19-9-29-75(93)76-30-10-20-46-94(76)108)52-58-68(82)67-57-51-63(59-81(67)97(98)105-99)61-47-53-65(54-48-61)107-91-43-17-7-27-73(91)74-28-8-18-44-92(74)107/h1-60H. The Morgan fingerprint density at radius 2 is 0.477 bits per heavy atom. The number of thiophene rings is 1. The number of hydrogen-bond donors (Lipinski definition) is 0. The number of fused-ring (bicyclic) bond motifs is 33. The van der Waals surface area contributed by atoms with Crippen molar-refractivity contribution in [3.63, 3.8) is 0 Å². The molecule has 2 spiro atoms. The van der Waals surface area contributed by atoms with E-state index in [0.29, 0.717) is 0 Å². The molecule has 21 aromatic rings. The van der Waals surface area contributed by atoms with Crippen LogP contribution in [-0.2, 0) is 10.8 Å². The van der Waals surface area contributed by atoms with Crippen molar-refractivity contribution in [2.75, 3.05) is 0 Å². The van der Waals surface area contributed by atoms with E-state index in [2.05, 4.69) is 373 Å². The molecule has 5 heteroatoms. The highest BCUT2D eigenvalue weighted by molar-refractivity contribution is 7.21. The molecular formula is C104H60N4S. The zero-order chi connectivity index (χ0) is 71.0. The normalized spacial score (nSPS) is 13.7. The molecule has 0 saturated heterocycles. The van der Waals surface area contributed by atoms with Crippen LogP contribution in [0.25, 0.3) is 186 Å². The summed E-state index contributed by atoms with van der Waals surface area (Å²) >= 11 is 1.86. The van der Waals surface area contributed by atoms with Gasteiger partial charge >= 0.3 is 0 Å². The fraction of sp³-hybridized carbons (Fsp3) is 0.0192. The lowest BCUT2D eigenvalue weighted by Crippen LogP contribution is -2.25. The minimum atomic E-state index is -0.550. The molecule has 17 aromatic carbocycles. The quantitative estimate of drug-likeness (QED) is 0.156. The lowest BCUT2D eigenvalue weighted by molar-refractivity contribution is 0.794. The molecule has 502 valence electrons. The first-order valence-electron chi connectivity index (χ1n) is 37.8. The molecule has 0 atom stereocenters. The molecule has 4 heterocycles. The van der Waals surface area contributed by atoms with Crippen molar-refractivity contribution in [2.24, 2.45) is 0 Å². The van der Waals surface area contributed by atoms with E-state index in [4.69, 9.17) is 9.97 Å². The maximum absolute atomic E-state index is 6.36. The van der Waals surface area contributed by atoms with E-state index in [1.807, 2.05) is 11.3 Å². The molecule has 0 aliphatic heterocycles. The van der Waals surface area contributed by atoms with Crippen molar-refractivity contribution in [2.45, 2.75) is 10.8 Å². The first-order chi connectivity index (χ1) is 54.1. The van der Waals surface area contributed by atoms with Gasteiger partial charge in [-0.3, -0.25) is 0 Å². The average molecular weight is 1400 g/mol. The van der Waals surface area contributed by atoms with Gasteiger partial charge in [0.2, 0.25) is 0 Å². The van der Waals surface area contributed by atoms with E-state index in [1.54, 1.807) is 0 Å². The second kappa shape index (κ2) is 21.9. The van der Waals surface area contributed by atoms with Gasteiger partial charge in [-0.15, -0.1) is 11.3 Å². The third kappa shape index (κ3) is 7.71. The summed E-state index contributed by atoms with van der Waals surface area (Å²) in [7, 11) is 0. The van der Waals surface area contributed by atoms with Crippen LogP contribution in [-0.4, -0.2) is 19.1 Å². The molecule has 0 saturated carbocycles. The highest BCUT2D eigenvalue weighted by Crippen LogP contribution is 2.67. The number of hydrogen-bond acceptors (Lipinski definition) is 3. The minimum absolute atomic E-state index is 0.550. The molecule has 0 amide bonds. The number of rotatable bonds is 6. The van der Waals surface area contributed by atoms with E-state index in [0.717, 1.165) is 98.1 Å². The zero-order valence-electron chi connectivity index (χ0n) is 58.8. The highest BCUT2D eigenvalue weighted by Gasteiger charge is 2.54. The number of nitrogens with zero attached hydrogens (tertiary/aromatic N) is 4. The average Bonchev–Trinajstić information content (AvgIpc) is 1.51. The van der Waals surface area contributed by atoms with Gasteiger partial charge in [-0.25, -0.2) is 9.97 Å². The summed E-state index contributed by atoms with van der Waals surface area (Å²) in [5.41, 5.74) is 36.8. The van der Waals surface area contributed by atoms with Gasteiger partial charge in [0.15, 0.2) is 0 Å². The number of aromatic nitrogens is 4. The molecule has 4 aromatic heterocycles. The topological polar surface area (TPSA) is 35.6 Å². The molecule has 0 radical (unpaired) electrons. The number of benzene rings is 17. The Morgan fingerprint density at radius 3 is 0.826 bits per heavy atom. The van der Waals surface area contributed by atoms with Crippen LogP contribution >= 0.6 is 11.3 Å². The van der Waals surface area contributed by atoms with Crippen LogP contribution in [0, 0.1) is 0 Å². The highest BCUT2D eigenvalue weighted by atomic mass is 32.1. The largest absolute Gasteiger partial charge is 0.309 e. The van der Waals surface area contributed by atoms with Crippen LogP contribution in [0.15, 0.2) is 364 Å². The van der Waals surface area contributed by atoms with Gasteiger partial charge in [0.1, 0.15) is 11.0 Å². The van der Waals surface area contributed by atoms with Gasteiger partial charge in [-0.2, -0.15) is 0 Å². The molecule has 4 aliphatic carbocycles. The van der Waals surface area contributed by atoms with E-state index in [1.165, 1.54) is 133 Å². The van der Waals surface area contributed by atoms with Crippen molar-refractivity contribution in [1.29, 1.82) is 0 Å². The van der Waals surface area contributed by atoms with Crippen LogP contribution in [0.5, 0.6) is 0 Å². The second-order valence-electron chi connectivity index (χ2n) is 30.0. The molecular weight excluding hydrogens is 1340 g/mol. The summed E-state index contributed by atoms with van der Waals surface area (Å²) in [6, 6.07) is 137. The van der Waals surface area contributed by atoms with E-state index < -0.39 is 10.8 Å². The van der Waals surface area contributed by atoms with Crippen LogP contribution in [0.3, 0.4) is 0 Å². The van der Waals surface area contributed by atoms with Crippen molar-refractivity contribution in [3.8, 4) is 99.0 Å². The number of para-hydroxylation sites is 4. The molecule has 25 rings (SSSR count). The summed E-state index contributed by atoms with van der Waals surface area (Å²) in [6.45, 7) is 0. The third-order valence-corrected chi connectivity index (χ3v) is 26.2. The van der Waals surface area contributed by atoms with Gasteiger partial charge in [-0.1, -0.05) is 303 Å². The van der Waals surface area contributed by atoms with Crippen LogP contribution < -0.4 is 0 Å². The lowest BCUT2D eigenvalue weighted by Gasteiger charge is -2.30. The Hall–Kier alpha value is -13.8. The Labute approximate surface area is 631 Å². The fourth-order valence-electron chi connectivity index (χ4n) is 20.7. The summed E-state index contributed by atoms with van der Waals surface area (Å²) < 4.78 is 4.80. The minimum Gasteiger partial charge on any atom is -0.309 e. The molecule has 0 bridgehead atoms. The predicted molar refractivity (Wildman–Crippen MR) is 453 cm³/mol. The summed E-state index contributed by atoms with van der Waals surface area (Å²) in [6.07, 6.45) is 0. The maximum atomic E-state index is 6.36. The Kier molecular flexibility index (Phi) is 11.9. The smallest absolute Gasteiger partial charge is 0.109 e. The van der Waals surface area contributed by atoms with Gasteiger partial charge in [0.05, 0.1) is 53.7 Å². The summed E-state index contributed by atoms with van der Waals surface area (Å²) in [5.74, 6) is 0. The summed E-state index contributed by atoms with van der Waals surface area (Å²) in [4.78, 5) is 14.9. The first-order valence-corrected chi connectivity index (χ1v) is 38.6. The van der Waals surface area contributed by atoms with Crippen molar-refractivity contribution in [3.05, 3.63) is 408 Å². The second-order valence-corrected chi connectivity index (χ2v) is 31.0. The molecule has 0 fully saturated rings. The Morgan fingerprint density at radius 1 is 0.202 bits per heavy atom. The third-order valence-electron chi connectivity index (χ3n) is 25.0. The molecule has 4 aliphatic rings. The first kappa shape index (κ1) is 59.4. The van der Waals surface area contributed by atoms with Gasteiger partial charge in [0.25, 0.3) is 0 Å². The van der Waals surface area contributed by atoms with Crippen LogP contribution in [0.4, 0.5) is 0 Å². The monoisotopic (exact) mass is 1400 g/mol. The predicted octanol–water partition coefficient (Wildman–Crippen LogP) is 26.7. The van der Waals surface area contributed by atoms with Gasteiger partial charge in [-0.05, 0) is 183 Å². The van der Waals surface area contributed by atoms with Gasteiger partial charge < -0.3 is 9.13 Å². The molecule has 0 N–H and O–H groups in total. The van der Waals surface area contributed by atoms with Gasteiger partial charge in [0, 0.05) is 54.8 Å². The van der Waals surface area contributed by atoms with E-state index in [-0.39, 0.29) is 0 Å². The maximum Gasteiger partial charge on any atom is 0.109 e. The fourth-order valence-corrected chi connectivity index (χ4v) is 21.9. The van der Waals surface area contributed by atoms with Crippen molar-refractivity contribution < 1.29 is 0 Å². The zero-order valence-corrected chi connectivity index (χ0v) is 59.7. The van der Waals surface area contributed by atoms with E-state index in [9.17, 15) is 0 Å². The van der Waals surface area contributed by atoms with Crippen molar-refractivity contribution >= 4 is 98.6 Å². The van der Waals surface area contributed by atoms with Crippen LogP contribution in [0.1, 0.15) is 44.5 Å². The Balaban J connectivity index is 0.768.